The Morgan fingerprint density at radius 1 is 1.46 bits per heavy atom. The number of alkyl halides is 1. The second-order valence-corrected chi connectivity index (χ2v) is 3.63. The molecule has 0 unspecified atom stereocenters. The van der Waals surface area contributed by atoms with E-state index in [0.29, 0.717) is 5.75 Å². The Hall–Kier alpha value is 0.160. The summed E-state index contributed by atoms with van der Waals surface area (Å²) in [5.41, 5.74) is 0. The van der Waals surface area contributed by atoms with E-state index in [1.165, 1.54) is 6.92 Å². The number of hydrogen-bond donors (Lipinski definition) is 4. The van der Waals surface area contributed by atoms with Gasteiger partial charge >= 0.3 is 0 Å². The molecule has 2 atom stereocenters. The van der Waals surface area contributed by atoms with E-state index in [-0.39, 0.29) is 12.6 Å². The first-order valence-corrected chi connectivity index (χ1v) is 5.05. The Bertz CT molecular complexity index is 133. The van der Waals surface area contributed by atoms with Crippen LogP contribution in [0.5, 0.6) is 0 Å². The number of likely N-dealkylation sites (N-methyl/N-ethyl adjacent to an activating group) is 2. The van der Waals surface area contributed by atoms with Gasteiger partial charge in [0.05, 0.1) is 0 Å². The fourth-order valence-electron chi connectivity index (χ4n) is 0.872. The van der Waals surface area contributed by atoms with Crippen molar-refractivity contribution in [1.29, 1.82) is 0 Å². The van der Waals surface area contributed by atoms with Crippen molar-refractivity contribution in [1.82, 2.24) is 16.0 Å². The number of thiol groups is 1. The predicted molar refractivity (Wildman–Crippen MR) is 58.1 cm³/mol. The molecule has 0 rings (SSSR count). The number of nitrogens with one attached hydrogen (secondary N) is 3. The lowest BCUT2D eigenvalue weighted by molar-refractivity contribution is 0.144. The molecule has 5 heteroatoms. The van der Waals surface area contributed by atoms with Gasteiger partial charge in [-0.15, -0.1) is 0 Å². The highest BCUT2D eigenvalue weighted by Gasteiger charge is 2.20. The van der Waals surface area contributed by atoms with Gasteiger partial charge in [-0.1, -0.05) is 0 Å². The normalized spacial score (nSPS) is 18.2. The summed E-state index contributed by atoms with van der Waals surface area (Å²) < 4.78 is 13.3. The minimum absolute atomic E-state index is 0.205. The summed E-state index contributed by atoms with van der Waals surface area (Å²) in [5, 5.41) is 8.69. The molecule has 0 saturated heterocycles. The van der Waals surface area contributed by atoms with Crippen molar-refractivity contribution in [2.75, 3.05) is 32.9 Å². The summed E-state index contributed by atoms with van der Waals surface area (Å²) in [4.78, 5) is 0. The molecule has 0 aromatic rings. The highest BCUT2D eigenvalue weighted by atomic mass is 32.1. The fraction of sp³-hybridized carbons (Fsp3) is 1.00. The average Bonchev–Trinajstić information content (AvgIpc) is 2.12. The van der Waals surface area contributed by atoms with Crippen LogP contribution in [0.2, 0.25) is 0 Å². The zero-order valence-electron chi connectivity index (χ0n) is 8.52. The molecule has 0 aliphatic rings. The smallest absolute Gasteiger partial charge is 0.171 e. The molecule has 3 nitrogen and oxygen atoms in total. The van der Waals surface area contributed by atoms with Crippen molar-refractivity contribution >= 4 is 12.6 Å². The van der Waals surface area contributed by atoms with Crippen LogP contribution in [0.1, 0.15) is 6.92 Å². The molecule has 3 N–H and O–H groups in total. The lowest BCUT2D eigenvalue weighted by Crippen LogP contribution is -2.50. The molecule has 0 spiro atoms. The molecular weight excluding hydrogens is 189 g/mol. The van der Waals surface area contributed by atoms with Crippen LogP contribution in [-0.4, -0.2) is 44.8 Å². The van der Waals surface area contributed by atoms with Crippen molar-refractivity contribution in [2.45, 2.75) is 18.8 Å². The van der Waals surface area contributed by atoms with E-state index in [0.717, 1.165) is 6.54 Å². The number of halogens is 1. The summed E-state index contributed by atoms with van der Waals surface area (Å²) in [6.45, 7) is 2.59. The molecule has 80 valence electrons. The second kappa shape index (κ2) is 6.59. The van der Waals surface area contributed by atoms with Gasteiger partial charge in [-0.05, 0) is 21.0 Å². The van der Waals surface area contributed by atoms with Gasteiger partial charge in [0.15, 0.2) is 5.79 Å². The first-order valence-electron chi connectivity index (χ1n) is 4.42. The molecule has 0 radical (unpaired) electrons. The van der Waals surface area contributed by atoms with Crippen molar-refractivity contribution in [3.8, 4) is 0 Å². The SMILES string of the molecule is CNC[C@@H](CS)NC[C@](C)(F)NC. The maximum Gasteiger partial charge on any atom is 0.171 e. The quantitative estimate of drug-likeness (QED) is 0.352. The molecule has 0 aromatic heterocycles. The maximum absolute atomic E-state index is 13.3. The van der Waals surface area contributed by atoms with Crippen molar-refractivity contribution in [3.05, 3.63) is 0 Å². The summed E-state index contributed by atoms with van der Waals surface area (Å²) in [7, 11) is 3.47. The third-order valence-electron chi connectivity index (χ3n) is 1.91. The van der Waals surface area contributed by atoms with Crippen LogP contribution in [0.15, 0.2) is 0 Å². The van der Waals surface area contributed by atoms with Gasteiger partial charge in [0.1, 0.15) is 0 Å². The van der Waals surface area contributed by atoms with Crippen molar-refractivity contribution in [3.63, 3.8) is 0 Å². The van der Waals surface area contributed by atoms with E-state index < -0.39 is 5.79 Å². The highest BCUT2D eigenvalue weighted by molar-refractivity contribution is 7.80. The molecule has 13 heavy (non-hydrogen) atoms. The van der Waals surface area contributed by atoms with E-state index in [1.54, 1.807) is 7.05 Å². The third kappa shape index (κ3) is 6.26. The predicted octanol–water partition coefficient (Wildman–Crippen LogP) is -0.00110. The topological polar surface area (TPSA) is 36.1 Å². The molecule has 0 aliphatic carbocycles. The first-order chi connectivity index (χ1) is 6.05. The van der Waals surface area contributed by atoms with E-state index in [2.05, 4.69) is 28.6 Å². The highest BCUT2D eigenvalue weighted by Crippen LogP contribution is 2.02. The largest absolute Gasteiger partial charge is 0.318 e. The van der Waals surface area contributed by atoms with Gasteiger partial charge in [0.2, 0.25) is 0 Å². The Morgan fingerprint density at radius 2 is 2.08 bits per heavy atom. The number of rotatable bonds is 7. The molecule has 0 fully saturated rings. The maximum atomic E-state index is 13.3. The van der Waals surface area contributed by atoms with Crippen molar-refractivity contribution in [2.24, 2.45) is 0 Å². The van der Waals surface area contributed by atoms with E-state index >= 15 is 0 Å². The summed E-state index contributed by atoms with van der Waals surface area (Å²) in [6, 6.07) is 0.205. The van der Waals surface area contributed by atoms with E-state index in [9.17, 15) is 4.39 Å². The van der Waals surface area contributed by atoms with Gasteiger partial charge in [-0.25, -0.2) is 4.39 Å². The number of hydrogen-bond acceptors (Lipinski definition) is 4. The van der Waals surface area contributed by atoms with Gasteiger partial charge in [-0.2, -0.15) is 12.6 Å². The second-order valence-electron chi connectivity index (χ2n) is 3.27. The molecule has 0 aliphatic heterocycles. The summed E-state index contributed by atoms with van der Waals surface area (Å²) >= 11 is 4.16. The van der Waals surface area contributed by atoms with Crippen LogP contribution in [-0.2, 0) is 0 Å². The van der Waals surface area contributed by atoms with Gasteiger partial charge < -0.3 is 10.6 Å². The molecule has 0 heterocycles. The van der Waals surface area contributed by atoms with Gasteiger partial charge in [-0.3, -0.25) is 5.32 Å². The van der Waals surface area contributed by atoms with Gasteiger partial charge in [0.25, 0.3) is 0 Å². The lowest BCUT2D eigenvalue weighted by Gasteiger charge is -2.24. The molecular formula is C8H20FN3S. The zero-order chi connectivity index (χ0) is 10.3. The van der Waals surface area contributed by atoms with E-state index in [1.807, 2.05) is 7.05 Å². The van der Waals surface area contributed by atoms with Crippen LogP contribution in [0.3, 0.4) is 0 Å². The fourth-order valence-corrected chi connectivity index (χ4v) is 1.13. The third-order valence-corrected chi connectivity index (χ3v) is 2.36. The summed E-state index contributed by atoms with van der Waals surface area (Å²) in [6.07, 6.45) is 0. The average molecular weight is 209 g/mol. The minimum atomic E-state index is -1.35. The van der Waals surface area contributed by atoms with Crippen molar-refractivity contribution < 1.29 is 4.39 Å². The monoisotopic (exact) mass is 209 g/mol. The Balaban J connectivity index is 3.70. The lowest BCUT2D eigenvalue weighted by atomic mass is 10.2. The minimum Gasteiger partial charge on any atom is -0.318 e. The van der Waals surface area contributed by atoms with Crippen LogP contribution in [0.25, 0.3) is 0 Å². The van der Waals surface area contributed by atoms with E-state index in [4.69, 9.17) is 0 Å². The molecule has 0 amide bonds. The standard InChI is InChI=1S/C8H20FN3S/c1-8(9,11-3)6-12-7(5-13)4-10-2/h7,10-13H,4-6H2,1-3H3/t7-,8+/m0/s1. The first kappa shape index (κ1) is 13.2. The zero-order valence-corrected chi connectivity index (χ0v) is 9.42. The Labute approximate surface area is 85.3 Å². The van der Waals surface area contributed by atoms with Crippen LogP contribution in [0, 0.1) is 0 Å². The molecule has 0 aromatic carbocycles. The van der Waals surface area contributed by atoms with Crippen LogP contribution < -0.4 is 16.0 Å². The Morgan fingerprint density at radius 3 is 2.46 bits per heavy atom. The van der Waals surface area contributed by atoms with Crippen LogP contribution in [0.4, 0.5) is 4.39 Å². The summed E-state index contributed by atoms with van der Waals surface area (Å²) in [5.74, 6) is -0.657. The molecule has 0 saturated carbocycles. The van der Waals surface area contributed by atoms with Gasteiger partial charge in [0, 0.05) is 24.9 Å². The Kier molecular flexibility index (Phi) is 6.67. The van der Waals surface area contributed by atoms with Crippen LogP contribution >= 0.6 is 12.6 Å². The molecule has 0 bridgehead atoms.